The van der Waals surface area contributed by atoms with Crippen molar-refractivity contribution in [2.24, 2.45) is 0 Å². The van der Waals surface area contributed by atoms with Gasteiger partial charge in [-0.1, -0.05) is 0 Å². The van der Waals surface area contributed by atoms with E-state index in [1.807, 2.05) is 4.90 Å². The summed E-state index contributed by atoms with van der Waals surface area (Å²) in [4.78, 5) is 24.5. The molecule has 0 spiro atoms. The summed E-state index contributed by atoms with van der Waals surface area (Å²) >= 11 is 0. The molecule has 1 saturated heterocycles. The number of esters is 1. The van der Waals surface area contributed by atoms with E-state index in [2.05, 4.69) is 0 Å². The van der Waals surface area contributed by atoms with Gasteiger partial charge in [-0.2, -0.15) is 0 Å². The topological polar surface area (TPSA) is 76.1 Å². The van der Waals surface area contributed by atoms with Crippen LogP contribution in [0.5, 0.6) is 0 Å². The van der Waals surface area contributed by atoms with Gasteiger partial charge in [0.1, 0.15) is 6.42 Å². The van der Waals surface area contributed by atoms with Gasteiger partial charge in [0.05, 0.1) is 39.0 Å². The van der Waals surface area contributed by atoms with Crippen molar-refractivity contribution in [1.82, 2.24) is 4.90 Å². The normalized spacial score (nSPS) is 21.2. The first-order valence-electron chi connectivity index (χ1n) is 5.77. The average molecular weight is 245 g/mol. The number of carbonyl (C=O) groups is 2. The summed E-state index contributed by atoms with van der Waals surface area (Å²) in [6.45, 7) is 3.65. The molecule has 17 heavy (non-hydrogen) atoms. The van der Waals surface area contributed by atoms with Gasteiger partial charge >= 0.3 is 5.97 Å². The highest BCUT2D eigenvalue weighted by Crippen LogP contribution is 2.06. The van der Waals surface area contributed by atoms with Gasteiger partial charge in [0.15, 0.2) is 5.78 Å². The van der Waals surface area contributed by atoms with Crippen molar-refractivity contribution in [3.05, 3.63) is 0 Å². The van der Waals surface area contributed by atoms with E-state index in [-0.39, 0.29) is 38.0 Å². The third-order valence-corrected chi connectivity index (χ3v) is 2.59. The van der Waals surface area contributed by atoms with E-state index >= 15 is 0 Å². The number of aliphatic hydroxyl groups is 1. The summed E-state index contributed by atoms with van der Waals surface area (Å²) in [5, 5.41) is 9.12. The number of ether oxygens (including phenoxy) is 2. The van der Waals surface area contributed by atoms with E-state index < -0.39 is 5.97 Å². The smallest absolute Gasteiger partial charge is 0.313 e. The van der Waals surface area contributed by atoms with Crippen molar-refractivity contribution in [3.8, 4) is 0 Å². The summed E-state index contributed by atoms with van der Waals surface area (Å²) in [6.07, 6.45) is -0.205. The molecule has 1 N–H and O–H groups in total. The molecule has 0 saturated carbocycles. The third kappa shape index (κ3) is 4.80. The average Bonchev–Trinajstić information content (AvgIpc) is 2.29. The number of carbonyl (C=O) groups excluding carboxylic acids is 2. The number of morpholine rings is 1. The Morgan fingerprint density at radius 3 is 2.94 bits per heavy atom. The molecule has 0 aromatic rings. The van der Waals surface area contributed by atoms with Crippen LogP contribution < -0.4 is 0 Å². The minimum Gasteiger partial charge on any atom is -0.466 e. The van der Waals surface area contributed by atoms with Crippen LogP contribution in [0.15, 0.2) is 0 Å². The van der Waals surface area contributed by atoms with E-state index in [0.717, 1.165) is 0 Å². The highest BCUT2D eigenvalue weighted by molar-refractivity contribution is 5.96. The Kier molecular flexibility index (Phi) is 6.10. The largest absolute Gasteiger partial charge is 0.466 e. The van der Waals surface area contributed by atoms with Gasteiger partial charge in [-0.25, -0.2) is 0 Å². The van der Waals surface area contributed by atoms with Crippen LogP contribution in [0.3, 0.4) is 0 Å². The number of nitrogens with zero attached hydrogens (tertiary/aromatic N) is 1. The summed E-state index contributed by atoms with van der Waals surface area (Å²) in [5.74, 6) is -0.685. The Labute approximate surface area is 100 Å². The minimum absolute atomic E-state index is 0.0489. The lowest BCUT2D eigenvalue weighted by molar-refractivity contribution is -0.146. The number of aliphatic hydroxyl groups excluding tert-OH is 1. The number of hydrogen-bond donors (Lipinski definition) is 1. The van der Waals surface area contributed by atoms with Gasteiger partial charge in [0, 0.05) is 6.54 Å². The van der Waals surface area contributed by atoms with Crippen molar-refractivity contribution >= 4 is 11.8 Å². The Hall–Kier alpha value is -0.980. The predicted molar refractivity (Wildman–Crippen MR) is 59.5 cm³/mol. The van der Waals surface area contributed by atoms with Crippen LogP contribution in [0.25, 0.3) is 0 Å². The van der Waals surface area contributed by atoms with Gasteiger partial charge in [0.25, 0.3) is 0 Å². The fourth-order valence-corrected chi connectivity index (χ4v) is 1.72. The first-order chi connectivity index (χ1) is 8.17. The Bertz CT molecular complexity index is 269. The molecule has 1 unspecified atom stereocenters. The maximum absolute atomic E-state index is 11.6. The molecule has 1 heterocycles. The van der Waals surface area contributed by atoms with Crippen LogP contribution >= 0.6 is 0 Å². The zero-order chi connectivity index (χ0) is 12.7. The number of ketones is 1. The molecule has 1 aliphatic rings. The second-order valence-corrected chi connectivity index (χ2v) is 3.90. The molecule has 0 bridgehead atoms. The molecule has 0 aromatic carbocycles. The summed E-state index contributed by atoms with van der Waals surface area (Å²) in [5.41, 5.74) is 0. The molecule has 0 amide bonds. The van der Waals surface area contributed by atoms with Crippen molar-refractivity contribution in [2.45, 2.75) is 19.4 Å². The summed E-state index contributed by atoms with van der Waals surface area (Å²) in [6, 6.07) is -0.158. The maximum atomic E-state index is 11.6. The molecule has 98 valence electrons. The van der Waals surface area contributed by atoms with E-state index in [9.17, 15) is 9.59 Å². The zero-order valence-electron chi connectivity index (χ0n) is 10.1. The highest BCUT2D eigenvalue weighted by Gasteiger charge is 2.24. The van der Waals surface area contributed by atoms with Gasteiger partial charge in [-0.05, 0) is 6.92 Å². The van der Waals surface area contributed by atoms with Crippen LogP contribution in [0, 0.1) is 0 Å². The van der Waals surface area contributed by atoms with Gasteiger partial charge in [-0.15, -0.1) is 0 Å². The number of rotatable bonds is 6. The fourth-order valence-electron chi connectivity index (χ4n) is 1.72. The lowest BCUT2D eigenvalue weighted by atomic mass is 10.2. The van der Waals surface area contributed by atoms with E-state index in [1.165, 1.54) is 0 Å². The van der Waals surface area contributed by atoms with Crippen molar-refractivity contribution in [2.75, 3.05) is 39.5 Å². The molecular formula is C11H19NO5. The molecule has 0 aliphatic carbocycles. The molecular weight excluding hydrogens is 226 g/mol. The maximum Gasteiger partial charge on any atom is 0.313 e. The molecule has 0 aromatic heterocycles. The van der Waals surface area contributed by atoms with Crippen LogP contribution in [0.2, 0.25) is 0 Å². The molecule has 6 nitrogen and oxygen atoms in total. The first-order valence-corrected chi connectivity index (χ1v) is 5.77. The van der Waals surface area contributed by atoms with Crippen LogP contribution in [0.1, 0.15) is 13.3 Å². The molecule has 6 heteroatoms. The molecule has 1 rings (SSSR count). The predicted octanol–water partition coefficient (Wildman–Crippen LogP) is -0.798. The standard InChI is InChI=1S/C11H19NO5/c1-2-17-11(15)5-10(14)6-12-3-4-16-8-9(12)7-13/h9,13H,2-8H2,1H3. The lowest BCUT2D eigenvalue weighted by Gasteiger charge is -2.33. The lowest BCUT2D eigenvalue weighted by Crippen LogP contribution is -2.49. The molecule has 0 radical (unpaired) electrons. The highest BCUT2D eigenvalue weighted by atomic mass is 16.5. The molecule has 1 aliphatic heterocycles. The number of hydrogen-bond acceptors (Lipinski definition) is 6. The zero-order valence-corrected chi connectivity index (χ0v) is 10.1. The third-order valence-electron chi connectivity index (χ3n) is 2.59. The van der Waals surface area contributed by atoms with Gasteiger partial charge in [-0.3, -0.25) is 14.5 Å². The SMILES string of the molecule is CCOC(=O)CC(=O)CN1CCOCC1CO. The Balaban J connectivity index is 2.35. The quantitative estimate of drug-likeness (QED) is 0.488. The summed E-state index contributed by atoms with van der Waals surface area (Å²) in [7, 11) is 0. The summed E-state index contributed by atoms with van der Waals surface area (Å²) < 4.78 is 9.90. The van der Waals surface area contributed by atoms with Gasteiger partial charge < -0.3 is 14.6 Å². The second kappa shape index (κ2) is 7.37. The molecule has 1 atom stereocenters. The van der Waals surface area contributed by atoms with E-state index in [4.69, 9.17) is 14.6 Å². The molecule has 1 fully saturated rings. The van der Waals surface area contributed by atoms with Crippen LogP contribution in [-0.4, -0.2) is 67.3 Å². The van der Waals surface area contributed by atoms with Crippen LogP contribution in [0.4, 0.5) is 0 Å². The monoisotopic (exact) mass is 245 g/mol. The Morgan fingerprint density at radius 1 is 1.53 bits per heavy atom. The van der Waals surface area contributed by atoms with Crippen LogP contribution in [-0.2, 0) is 19.1 Å². The first kappa shape index (κ1) is 14.1. The second-order valence-electron chi connectivity index (χ2n) is 3.90. The van der Waals surface area contributed by atoms with Gasteiger partial charge in [0.2, 0.25) is 0 Å². The minimum atomic E-state index is -0.494. The van der Waals surface area contributed by atoms with Crippen molar-refractivity contribution in [3.63, 3.8) is 0 Å². The van der Waals surface area contributed by atoms with Crippen molar-refractivity contribution in [1.29, 1.82) is 0 Å². The van der Waals surface area contributed by atoms with Crippen molar-refractivity contribution < 1.29 is 24.2 Å². The Morgan fingerprint density at radius 2 is 2.29 bits per heavy atom. The number of Topliss-reactive ketones (excluding diaryl/α,β-unsaturated/α-hetero) is 1. The van der Waals surface area contributed by atoms with E-state index in [1.54, 1.807) is 6.92 Å². The van der Waals surface area contributed by atoms with E-state index in [0.29, 0.717) is 19.8 Å². The fraction of sp³-hybridized carbons (Fsp3) is 0.818.